The number of nitrogens with one attached hydrogen (secondary N) is 2. The van der Waals surface area contributed by atoms with Crippen LogP contribution in [0.1, 0.15) is 48.5 Å². The number of thioether (sulfide) groups is 1. The Morgan fingerprint density at radius 3 is 1.55 bits per heavy atom. The Morgan fingerprint density at radius 1 is 0.614 bits per heavy atom. The largest absolute Gasteiger partial charge is 0.463 e. The quantitative estimate of drug-likeness (QED) is 0.165. The summed E-state index contributed by atoms with van der Waals surface area (Å²) in [5.41, 5.74) is -2.44. The molecule has 2 aliphatic rings. The summed E-state index contributed by atoms with van der Waals surface area (Å²) in [6.45, 7) is 7.27. The maximum absolute atomic E-state index is 12.4. The molecule has 18 heteroatoms. The Balaban J connectivity index is 2.66. The smallest absolute Gasteiger partial charge is 0.303 e. The van der Waals surface area contributed by atoms with Crippen LogP contribution in [-0.4, -0.2) is 114 Å². The molecule has 0 aromatic carbocycles. The van der Waals surface area contributed by atoms with Gasteiger partial charge in [-0.25, -0.2) is 0 Å². The van der Waals surface area contributed by atoms with E-state index in [4.69, 9.17) is 44.8 Å². The predicted molar refractivity (Wildman–Crippen MR) is 150 cm³/mol. The fourth-order valence-electron chi connectivity index (χ4n) is 4.67. The van der Waals surface area contributed by atoms with Crippen LogP contribution in [-0.2, 0) is 66.7 Å². The van der Waals surface area contributed by atoms with Crippen LogP contribution in [0.15, 0.2) is 0 Å². The van der Waals surface area contributed by atoms with E-state index in [9.17, 15) is 33.6 Å². The molecule has 2 amide bonds. The number of carbonyl (C=O) groups excluding carboxylic acids is 7. The second-order valence-electron chi connectivity index (χ2n) is 9.95. The minimum absolute atomic E-state index is 0.362. The number of hydrogen-bond acceptors (Lipinski definition) is 15. The summed E-state index contributed by atoms with van der Waals surface area (Å²) in [7, 11) is 0. The standard InChI is InChI=1S/C26H37ClN2O14S/c1-10(30)28-19-23(41-16(7)36)24(18(42-25(19)27)9-38-13(4)33)44-26-20(29-11(2)31)22(40-15(6)35)21(39-14(5)34)17(43-26)8-37-12(3)32/h17-26H,8-9H2,1-7H3,(H,28,30)(H,29,31)/t17-,18-,19-,20-,21-,22-,23-,24-,25+,26+/m1/s1. The highest BCUT2D eigenvalue weighted by atomic mass is 35.5. The molecule has 10 atom stereocenters. The number of esters is 5. The van der Waals surface area contributed by atoms with Gasteiger partial charge in [-0.15, -0.1) is 11.8 Å². The van der Waals surface area contributed by atoms with E-state index in [1.165, 1.54) is 20.8 Å². The van der Waals surface area contributed by atoms with Gasteiger partial charge < -0.3 is 43.8 Å². The molecule has 2 N–H and O–H groups in total. The van der Waals surface area contributed by atoms with Crippen molar-refractivity contribution in [2.24, 2.45) is 0 Å². The maximum Gasteiger partial charge on any atom is 0.303 e. The molecule has 0 unspecified atom stereocenters. The summed E-state index contributed by atoms with van der Waals surface area (Å²) < 4.78 is 39.0. The van der Waals surface area contributed by atoms with Gasteiger partial charge in [-0.1, -0.05) is 11.6 Å². The number of amides is 2. The lowest BCUT2D eigenvalue weighted by Gasteiger charge is -2.49. The highest BCUT2D eigenvalue weighted by Gasteiger charge is 2.55. The molecule has 0 aromatic rings. The lowest BCUT2D eigenvalue weighted by Crippen LogP contribution is -2.67. The van der Waals surface area contributed by atoms with Crippen molar-refractivity contribution >= 4 is 65.0 Å². The Bertz CT molecular complexity index is 1110. The zero-order valence-electron chi connectivity index (χ0n) is 25.2. The first-order chi connectivity index (χ1) is 20.5. The first-order valence-electron chi connectivity index (χ1n) is 13.4. The van der Waals surface area contributed by atoms with Crippen LogP contribution in [0.3, 0.4) is 0 Å². The van der Waals surface area contributed by atoms with Gasteiger partial charge in [0.25, 0.3) is 0 Å². The number of halogens is 1. The van der Waals surface area contributed by atoms with E-state index >= 15 is 0 Å². The van der Waals surface area contributed by atoms with Crippen molar-refractivity contribution in [3.8, 4) is 0 Å². The zero-order valence-corrected chi connectivity index (χ0v) is 26.8. The summed E-state index contributed by atoms with van der Waals surface area (Å²) in [6.07, 6.45) is -6.18. The number of alkyl halides is 1. The summed E-state index contributed by atoms with van der Waals surface area (Å²) >= 11 is 7.35. The Hall–Kier alpha value is -3.15. The Labute approximate surface area is 262 Å². The summed E-state index contributed by atoms with van der Waals surface area (Å²) in [5, 5.41) is 4.24. The van der Waals surface area contributed by atoms with Crippen LogP contribution in [0.5, 0.6) is 0 Å². The topological polar surface area (TPSA) is 208 Å². The second-order valence-corrected chi connectivity index (χ2v) is 11.7. The highest BCUT2D eigenvalue weighted by molar-refractivity contribution is 8.00. The fourth-order valence-corrected chi connectivity index (χ4v) is 6.61. The zero-order chi connectivity index (χ0) is 33.3. The van der Waals surface area contributed by atoms with Gasteiger partial charge in [0.05, 0.1) is 5.25 Å². The lowest BCUT2D eigenvalue weighted by molar-refractivity contribution is -0.212. The molecule has 0 spiro atoms. The number of ether oxygens (including phenoxy) is 7. The minimum atomic E-state index is -1.36. The third kappa shape index (κ3) is 11.1. The first kappa shape index (κ1) is 37.0. The molecule has 44 heavy (non-hydrogen) atoms. The van der Waals surface area contributed by atoms with Crippen molar-refractivity contribution in [2.45, 2.75) is 107 Å². The molecule has 0 aliphatic carbocycles. The van der Waals surface area contributed by atoms with E-state index in [0.717, 1.165) is 39.5 Å². The molecule has 16 nitrogen and oxygen atoms in total. The lowest BCUT2D eigenvalue weighted by atomic mass is 9.97. The van der Waals surface area contributed by atoms with Gasteiger partial charge in [0.2, 0.25) is 11.8 Å². The normalized spacial score (nSPS) is 31.5. The predicted octanol–water partition coefficient (Wildman–Crippen LogP) is -0.292. The van der Waals surface area contributed by atoms with Crippen molar-refractivity contribution in [1.82, 2.24) is 10.6 Å². The molecule has 2 heterocycles. The van der Waals surface area contributed by atoms with Gasteiger partial charge >= 0.3 is 29.8 Å². The van der Waals surface area contributed by atoms with E-state index in [1.807, 2.05) is 0 Å². The summed E-state index contributed by atoms with van der Waals surface area (Å²) in [4.78, 5) is 84.3. The molecule has 2 aliphatic heterocycles. The maximum atomic E-state index is 12.4. The number of carbonyl (C=O) groups is 7. The van der Waals surface area contributed by atoms with Crippen LogP contribution in [0.4, 0.5) is 0 Å². The van der Waals surface area contributed by atoms with Crippen LogP contribution >= 0.6 is 23.4 Å². The molecule has 248 valence electrons. The van der Waals surface area contributed by atoms with Crippen molar-refractivity contribution in [2.75, 3.05) is 13.2 Å². The van der Waals surface area contributed by atoms with E-state index < -0.39 is 107 Å². The highest BCUT2D eigenvalue weighted by Crippen LogP contribution is 2.41. The summed E-state index contributed by atoms with van der Waals surface area (Å²) in [5.74, 6) is -4.74. The van der Waals surface area contributed by atoms with Gasteiger partial charge in [-0.05, 0) is 0 Å². The van der Waals surface area contributed by atoms with Crippen molar-refractivity contribution in [3.05, 3.63) is 0 Å². The third-order valence-corrected chi connectivity index (χ3v) is 8.05. The van der Waals surface area contributed by atoms with Gasteiger partial charge in [0, 0.05) is 48.5 Å². The molecule has 2 fully saturated rings. The Kier molecular flexibility index (Phi) is 14.1. The molecule has 0 saturated carbocycles. The van der Waals surface area contributed by atoms with Gasteiger partial charge in [-0.3, -0.25) is 33.6 Å². The average molecular weight is 669 g/mol. The number of hydrogen-bond donors (Lipinski definition) is 2. The van der Waals surface area contributed by atoms with E-state index in [0.29, 0.717) is 0 Å². The third-order valence-electron chi connectivity index (χ3n) is 6.12. The molecular formula is C26H37ClN2O14S. The van der Waals surface area contributed by atoms with Crippen LogP contribution < -0.4 is 10.6 Å². The first-order valence-corrected chi connectivity index (χ1v) is 14.8. The number of rotatable bonds is 11. The molecule has 0 radical (unpaired) electrons. The Morgan fingerprint density at radius 2 is 1.07 bits per heavy atom. The van der Waals surface area contributed by atoms with E-state index in [2.05, 4.69) is 10.6 Å². The van der Waals surface area contributed by atoms with Gasteiger partial charge in [0.1, 0.15) is 49.0 Å². The summed E-state index contributed by atoms with van der Waals surface area (Å²) in [6, 6.07) is -2.30. The monoisotopic (exact) mass is 668 g/mol. The molecule has 2 rings (SSSR count). The molecule has 2 saturated heterocycles. The van der Waals surface area contributed by atoms with Crippen LogP contribution in [0, 0.1) is 0 Å². The van der Waals surface area contributed by atoms with Gasteiger partial charge in [-0.2, -0.15) is 0 Å². The van der Waals surface area contributed by atoms with Crippen molar-refractivity contribution in [3.63, 3.8) is 0 Å². The van der Waals surface area contributed by atoms with Crippen LogP contribution in [0.25, 0.3) is 0 Å². The van der Waals surface area contributed by atoms with E-state index in [1.54, 1.807) is 0 Å². The van der Waals surface area contributed by atoms with Crippen LogP contribution in [0.2, 0.25) is 0 Å². The molecule has 0 bridgehead atoms. The SMILES string of the molecule is CC(=O)N[C@@H]1[C@@H](OC(C)=O)[C@H](S[C@@H]2O[C@H](COC(C)=O)[C@@H](OC(C)=O)[C@H](OC(C)=O)[C@H]2NC(C)=O)[C@@H](COC(C)=O)O[C@@H]1Cl. The molecule has 0 aromatic heterocycles. The molecular weight excluding hydrogens is 632 g/mol. The average Bonchev–Trinajstić information content (AvgIpc) is 2.87. The van der Waals surface area contributed by atoms with Gasteiger partial charge in [0.15, 0.2) is 17.8 Å². The minimum Gasteiger partial charge on any atom is -0.463 e. The fraction of sp³-hybridized carbons (Fsp3) is 0.731. The van der Waals surface area contributed by atoms with Crippen molar-refractivity contribution < 1.29 is 66.7 Å². The van der Waals surface area contributed by atoms with E-state index in [-0.39, 0.29) is 6.61 Å². The van der Waals surface area contributed by atoms with Crippen molar-refractivity contribution in [1.29, 1.82) is 0 Å². The second kappa shape index (κ2) is 16.8.